The van der Waals surface area contributed by atoms with Crippen LogP contribution in [0.5, 0.6) is 0 Å². The summed E-state index contributed by atoms with van der Waals surface area (Å²) < 4.78 is 5.34. The summed E-state index contributed by atoms with van der Waals surface area (Å²) in [5.41, 5.74) is 2.23. The topological polar surface area (TPSA) is 62.5 Å². The first kappa shape index (κ1) is 22.5. The Bertz CT molecular complexity index is 991. The molecule has 0 atom stereocenters. The van der Waals surface area contributed by atoms with Gasteiger partial charge in [0.2, 0.25) is 17.6 Å². The molecule has 168 valence electrons. The molecular formula is C25H29ClN4O2. The molecule has 1 amide bonds. The van der Waals surface area contributed by atoms with Crippen LogP contribution in [0.15, 0.2) is 59.1 Å². The predicted molar refractivity (Wildman–Crippen MR) is 125 cm³/mol. The van der Waals surface area contributed by atoms with Gasteiger partial charge in [0, 0.05) is 43.1 Å². The number of carbonyl (C=O) groups excluding carboxylic acids is 1. The summed E-state index contributed by atoms with van der Waals surface area (Å²) in [4.78, 5) is 21.6. The molecule has 1 aliphatic rings. The Kier molecular flexibility index (Phi) is 7.91. The summed E-state index contributed by atoms with van der Waals surface area (Å²) in [5.74, 6) is 1.16. The van der Waals surface area contributed by atoms with Gasteiger partial charge in [-0.15, -0.1) is 0 Å². The van der Waals surface area contributed by atoms with Crippen LogP contribution >= 0.6 is 11.6 Å². The number of nitrogens with zero attached hydrogens (tertiary/aromatic N) is 4. The highest BCUT2D eigenvalue weighted by Crippen LogP contribution is 2.19. The molecule has 32 heavy (non-hydrogen) atoms. The summed E-state index contributed by atoms with van der Waals surface area (Å²) in [6.45, 7) is 4.65. The summed E-state index contributed by atoms with van der Waals surface area (Å²) in [6.07, 6.45) is 4.10. The van der Waals surface area contributed by atoms with Crippen LogP contribution in [0.4, 0.5) is 0 Å². The molecular weight excluding hydrogens is 424 g/mol. The molecule has 7 heteroatoms. The quantitative estimate of drug-likeness (QED) is 0.504. The molecule has 4 rings (SSSR count). The minimum absolute atomic E-state index is 0.155. The van der Waals surface area contributed by atoms with E-state index in [0.717, 1.165) is 57.5 Å². The molecule has 0 spiro atoms. The van der Waals surface area contributed by atoms with E-state index < -0.39 is 0 Å². The molecule has 0 saturated carbocycles. The Balaban J connectivity index is 1.20. The molecule has 0 unspecified atom stereocenters. The van der Waals surface area contributed by atoms with Crippen molar-refractivity contribution in [2.45, 2.75) is 32.1 Å². The highest BCUT2D eigenvalue weighted by Gasteiger charge is 2.20. The van der Waals surface area contributed by atoms with E-state index in [1.54, 1.807) is 12.1 Å². The largest absolute Gasteiger partial charge is 0.341 e. The fourth-order valence-corrected chi connectivity index (χ4v) is 4.17. The number of hydrogen-bond donors (Lipinski definition) is 0. The third-order valence-electron chi connectivity index (χ3n) is 5.85. The predicted octanol–water partition coefficient (Wildman–Crippen LogP) is 4.49. The lowest BCUT2D eigenvalue weighted by Crippen LogP contribution is -2.35. The summed E-state index contributed by atoms with van der Waals surface area (Å²) in [7, 11) is 0. The van der Waals surface area contributed by atoms with E-state index >= 15 is 0 Å². The Labute approximate surface area is 194 Å². The van der Waals surface area contributed by atoms with E-state index in [9.17, 15) is 4.79 Å². The normalized spacial score (nSPS) is 15.0. The van der Waals surface area contributed by atoms with Crippen LogP contribution in [0.2, 0.25) is 5.02 Å². The highest BCUT2D eigenvalue weighted by atomic mass is 35.5. The summed E-state index contributed by atoms with van der Waals surface area (Å²) in [6, 6.07) is 17.9. The zero-order valence-corrected chi connectivity index (χ0v) is 19.0. The van der Waals surface area contributed by atoms with E-state index in [0.29, 0.717) is 29.6 Å². The van der Waals surface area contributed by atoms with Crippen molar-refractivity contribution < 1.29 is 9.32 Å². The van der Waals surface area contributed by atoms with Crippen molar-refractivity contribution in [2.75, 3.05) is 32.7 Å². The van der Waals surface area contributed by atoms with Crippen LogP contribution in [-0.4, -0.2) is 58.6 Å². The van der Waals surface area contributed by atoms with Gasteiger partial charge in [-0.05, 0) is 62.2 Å². The number of carbonyl (C=O) groups is 1. The van der Waals surface area contributed by atoms with Crippen molar-refractivity contribution in [1.29, 1.82) is 0 Å². The van der Waals surface area contributed by atoms with E-state index in [1.807, 2.05) is 17.0 Å². The number of amides is 1. The smallest absolute Gasteiger partial charge is 0.227 e. The third kappa shape index (κ3) is 6.40. The van der Waals surface area contributed by atoms with Crippen LogP contribution in [-0.2, 0) is 17.6 Å². The van der Waals surface area contributed by atoms with Gasteiger partial charge >= 0.3 is 0 Å². The standard InChI is InChI=1S/C25H29ClN4O2/c26-22-11-9-21(10-12-22)25-27-23(32-28-25)13-14-24(31)30-17-5-16-29(18-19-30)15-4-8-20-6-2-1-3-7-20/h1-3,6-7,9-12H,4-5,8,13-19H2. The summed E-state index contributed by atoms with van der Waals surface area (Å²) >= 11 is 5.92. The van der Waals surface area contributed by atoms with Crippen LogP contribution in [0.1, 0.15) is 30.7 Å². The molecule has 1 saturated heterocycles. The number of aromatic nitrogens is 2. The van der Waals surface area contributed by atoms with Crippen molar-refractivity contribution in [1.82, 2.24) is 19.9 Å². The molecule has 1 aliphatic heterocycles. The van der Waals surface area contributed by atoms with Gasteiger partial charge in [0.15, 0.2) is 0 Å². The molecule has 2 aromatic carbocycles. The van der Waals surface area contributed by atoms with E-state index in [-0.39, 0.29) is 5.91 Å². The molecule has 0 radical (unpaired) electrons. The number of rotatable bonds is 8. The first-order chi connectivity index (χ1) is 15.7. The third-order valence-corrected chi connectivity index (χ3v) is 6.10. The van der Waals surface area contributed by atoms with E-state index in [4.69, 9.17) is 16.1 Å². The van der Waals surface area contributed by atoms with Gasteiger partial charge in [-0.2, -0.15) is 4.98 Å². The maximum absolute atomic E-state index is 12.7. The molecule has 2 heterocycles. The summed E-state index contributed by atoms with van der Waals surface area (Å²) in [5, 5.41) is 4.68. The average molecular weight is 453 g/mol. The minimum atomic E-state index is 0.155. The fourth-order valence-electron chi connectivity index (χ4n) is 4.04. The molecule has 0 N–H and O–H groups in total. The lowest BCUT2D eigenvalue weighted by Gasteiger charge is -2.22. The number of aryl methyl sites for hydroxylation is 2. The van der Waals surface area contributed by atoms with Crippen molar-refractivity contribution in [2.24, 2.45) is 0 Å². The van der Waals surface area contributed by atoms with Crippen LogP contribution in [0.25, 0.3) is 11.4 Å². The SMILES string of the molecule is O=C(CCc1nc(-c2ccc(Cl)cc2)no1)N1CCCN(CCCc2ccccc2)CC1. The molecule has 1 fully saturated rings. The van der Waals surface area contributed by atoms with Crippen LogP contribution in [0.3, 0.4) is 0 Å². The van der Waals surface area contributed by atoms with Gasteiger partial charge in [0.25, 0.3) is 0 Å². The Morgan fingerprint density at radius 2 is 1.78 bits per heavy atom. The van der Waals surface area contributed by atoms with E-state index in [1.165, 1.54) is 5.56 Å². The fraction of sp³-hybridized carbons (Fsp3) is 0.400. The van der Waals surface area contributed by atoms with Crippen molar-refractivity contribution in [3.05, 3.63) is 71.1 Å². The Hall–Kier alpha value is -2.70. The van der Waals surface area contributed by atoms with E-state index in [2.05, 4.69) is 45.4 Å². The Morgan fingerprint density at radius 1 is 0.969 bits per heavy atom. The van der Waals surface area contributed by atoms with Crippen LogP contribution < -0.4 is 0 Å². The minimum Gasteiger partial charge on any atom is -0.341 e. The first-order valence-corrected chi connectivity index (χ1v) is 11.7. The monoisotopic (exact) mass is 452 g/mol. The second kappa shape index (κ2) is 11.2. The van der Waals surface area contributed by atoms with Gasteiger partial charge in [0.1, 0.15) is 0 Å². The molecule has 3 aromatic rings. The zero-order valence-electron chi connectivity index (χ0n) is 18.3. The highest BCUT2D eigenvalue weighted by molar-refractivity contribution is 6.30. The van der Waals surface area contributed by atoms with Gasteiger partial charge in [-0.3, -0.25) is 4.79 Å². The number of halogens is 1. The molecule has 1 aromatic heterocycles. The molecule has 6 nitrogen and oxygen atoms in total. The van der Waals surface area contributed by atoms with Crippen molar-refractivity contribution >= 4 is 17.5 Å². The molecule has 0 aliphatic carbocycles. The number of hydrogen-bond acceptors (Lipinski definition) is 5. The maximum atomic E-state index is 12.7. The van der Waals surface area contributed by atoms with Gasteiger partial charge in [-0.25, -0.2) is 0 Å². The average Bonchev–Trinajstić information content (AvgIpc) is 3.16. The van der Waals surface area contributed by atoms with Gasteiger partial charge < -0.3 is 14.3 Å². The molecule has 0 bridgehead atoms. The van der Waals surface area contributed by atoms with Crippen molar-refractivity contribution in [3.8, 4) is 11.4 Å². The second-order valence-corrected chi connectivity index (χ2v) is 8.62. The lowest BCUT2D eigenvalue weighted by molar-refractivity contribution is -0.131. The zero-order chi connectivity index (χ0) is 22.2. The van der Waals surface area contributed by atoms with Crippen LogP contribution in [0, 0.1) is 0 Å². The lowest BCUT2D eigenvalue weighted by atomic mass is 10.1. The van der Waals surface area contributed by atoms with Gasteiger partial charge in [-0.1, -0.05) is 47.1 Å². The van der Waals surface area contributed by atoms with Gasteiger partial charge in [0.05, 0.1) is 0 Å². The first-order valence-electron chi connectivity index (χ1n) is 11.3. The Morgan fingerprint density at radius 3 is 2.59 bits per heavy atom. The second-order valence-electron chi connectivity index (χ2n) is 8.18. The number of benzene rings is 2. The maximum Gasteiger partial charge on any atom is 0.227 e. The van der Waals surface area contributed by atoms with Crippen molar-refractivity contribution in [3.63, 3.8) is 0 Å².